The van der Waals surface area contributed by atoms with Crippen molar-refractivity contribution in [3.05, 3.63) is 35.9 Å². The first-order chi connectivity index (χ1) is 13.1. The van der Waals surface area contributed by atoms with Crippen LogP contribution in [0.25, 0.3) is 0 Å². The molecule has 27 heavy (non-hydrogen) atoms. The van der Waals surface area contributed by atoms with Gasteiger partial charge in [0.1, 0.15) is 12.6 Å². The highest BCUT2D eigenvalue weighted by atomic mass is 35.5. The zero-order valence-electron chi connectivity index (χ0n) is 16.2. The minimum Gasteiger partial charge on any atom is -0.464 e. The van der Waals surface area contributed by atoms with Crippen molar-refractivity contribution in [3.8, 4) is 0 Å². The van der Waals surface area contributed by atoms with Gasteiger partial charge in [0.2, 0.25) is 0 Å². The Morgan fingerprint density at radius 3 is 2.52 bits per heavy atom. The lowest BCUT2D eigenvalue weighted by Gasteiger charge is -2.29. The van der Waals surface area contributed by atoms with Gasteiger partial charge in [-0.25, -0.2) is 9.59 Å². The van der Waals surface area contributed by atoms with Crippen molar-refractivity contribution in [2.75, 3.05) is 31.0 Å². The number of nitrogens with zero attached hydrogens (tertiary/aromatic N) is 1. The number of halogens is 1. The van der Waals surface area contributed by atoms with E-state index < -0.39 is 12.1 Å². The molecular formula is C20H30ClNO4S. The summed E-state index contributed by atoms with van der Waals surface area (Å²) in [5, 5.41) is 0. The number of amides is 1. The van der Waals surface area contributed by atoms with E-state index in [4.69, 9.17) is 21.1 Å². The number of benzene rings is 1. The molecule has 1 rings (SSSR count). The van der Waals surface area contributed by atoms with Crippen molar-refractivity contribution in [2.24, 2.45) is 0 Å². The summed E-state index contributed by atoms with van der Waals surface area (Å²) < 4.78 is 10.7. The van der Waals surface area contributed by atoms with E-state index in [2.05, 4.69) is 0 Å². The predicted molar refractivity (Wildman–Crippen MR) is 111 cm³/mol. The molecule has 0 aliphatic carbocycles. The minimum absolute atomic E-state index is 0.177. The average Bonchev–Trinajstić information content (AvgIpc) is 2.69. The number of hydrogen-bond donors (Lipinski definition) is 0. The molecule has 152 valence electrons. The second-order valence-electron chi connectivity index (χ2n) is 6.03. The van der Waals surface area contributed by atoms with E-state index in [1.54, 1.807) is 18.7 Å². The van der Waals surface area contributed by atoms with Gasteiger partial charge in [-0.2, -0.15) is 11.8 Å². The van der Waals surface area contributed by atoms with Crippen molar-refractivity contribution in [1.29, 1.82) is 0 Å². The molecule has 0 bridgehead atoms. The molecular weight excluding hydrogens is 386 g/mol. The molecule has 0 heterocycles. The summed E-state index contributed by atoms with van der Waals surface area (Å²) in [5.41, 5.74) is 0.907. The smallest absolute Gasteiger partial charge is 0.410 e. The maximum absolute atomic E-state index is 12.8. The number of ether oxygens (including phenoxy) is 2. The van der Waals surface area contributed by atoms with Crippen molar-refractivity contribution in [3.63, 3.8) is 0 Å². The number of unbranched alkanes of at least 4 members (excludes halogenated alkanes) is 2. The molecule has 0 aromatic heterocycles. The van der Waals surface area contributed by atoms with Crippen LogP contribution < -0.4 is 0 Å². The predicted octanol–water partition coefficient (Wildman–Crippen LogP) is 4.72. The summed E-state index contributed by atoms with van der Waals surface area (Å²) in [6.45, 7) is 2.67. The molecule has 7 heteroatoms. The molecule has 1 aromatic rings. The van der Waals surface area contributed by atoms with Gasteiger partial charge in [-0.05, 0) is 43.8 Å². The highest BCUT2D eigenvalue weighted by Gasteiger charge is 2.31. The van der Waals surface area contributed by atoms with E-state index in [0.29, 0.717) is 18.8 Å². The Hall–Kier alpha value is -1.40. The number of hydrogen-bond acceptors (Lipinski definition) is 5. The van der Waals surface area contributed by atoms with Gasteiger partial charge < -0.3 is 9.47 Å². The molecule has 1 aromatic carbocycles. The van der Waals surface area contributed by atoms with Gasteiger partial charge in [0, 0.05) is 12.4 Å². The van der Waals surface area contributed by atoms with Crippen LogP contribution in [0.3, 0.4) is 0 Å². The Morgan fingerprint density at radius 2 is 1.89 bits per heavy atom. The highest BCUT2D eigenvalue weighted by Crippen LogP contribution is 2.15. The van der Waals surface area contributed by atoms with E-state index >= 15 is 0 Å². The molecule has 1 atom stereocenters. The molecule has 5 nitrogen and oxygen atoms in total. The maximum atomic E-state index is 12.8. The Labute approximate surface area is 171 Å². The topological polar surface area (TPSA) is 55.8 Å². The zero-order chi connectivity index (χ0) is 19.9. The fraction of sp³-hybridized carbons (Fsp3) is 0.600. The van der Waals surface area contributed by atoms with Crippen molar-refractivity contribution in [1.82, 2.24) is 4.90 Å². The van der Waals surface area contributed by atoms with Crippen LogP contribution in [0.5, 0.6) is 0 Å². The molecule has 0 saturated carbocycles. The minimum atomic E-state index is -0.628. The first kappa shape index (κ1) is 23.6. The quantitative estimate of drug-likeness (QED) is 0.265. The molecule has 0 N–H and O–H groups in total. The molecule has 0 aliphatic heterocycles. The second kappa shape index (κ2) is 14.6. The normalized spacial score (nSPS) is 11.7. The SMILES string of the molecule is CCOC(=O)[C@H](CCSC)N(CCCCCCl)C(=O)OCc1ccccc1. The van der Waals surface area contributed by atoms with Crippen LogP contribution in [-0.2, 0) is 20.9 Å². The van der Waals surface area contributed by atoms with Gasteiger partial charge in [-0.3, -0.25) is 4.90 Å². The van der Waals surface area contributed by atoms with Gasteiger partial charge in [-0.1, -0.05) is 36.8 Å². The van der Waals surface area contributed by atoms with Gasteiger partial charge in [0.25, 0.3) is 0 Å². The lowest BCUT2D eigenvalue weighted by molar-refractivity contribution is -0.149. The second-order valence-corrected chi connectivity index (χ2v) is 7.40. The first-order valence-corrected chi connectivity index (χ1v) is 11.3. The number of carbonyl (C=O) groups is 2. The Balaban J connectivity index is 2.82. The highest BCUT2D eigenvalue weighted by molar-refractivity contribution is 7.98. The van der Waals surface area contributed by atoms with Crippen LogP contribution in [0.4, 0.5) is 4.79 Å². The van der Waals surface area contributed by atoms with E-state index in [1.807, 2.05) is 36.6 Å². The summed E-state index contributed by atoms with van der Waals surface area (Å²) in [6, 6.07) is 8.87. The molecule has 0 spiro atoms. The van der Waals surface area contributed by atoms with E-state index in [1.165, 1.54) is 4.90 Å². The van der Waals surface area contributed by atoms with Crippen molar-refractivity contribution < 1.29 is 19.1 Å². The third-order valence-corrected chi connectivity index (χ3v) is 4.91. The zero-order valence-corrected chi connectivity index (χ0v) is 17.8. The van der Waals surface area contributed by atoms with Gasteiger partial charge in [0.15, 0.2) is 0 Å². The number of carbonyl (C=O) groups excluding carboxylic acids is 2. The summed E-state index contributed by atoms with van der Waals surface area (Å²) in [7, 11) is 0. The van der Waals surface area contributed by atoms with Gasteiger partial charge >= 0.3 is 12.1 Å². The average molecular weight is 416 g/mol. The molecule has 0 aliphatic rings. The van der Waals surface area contributed by atoms with Crippen molar-refractivity contribution >= 4 is 35.4 Å². The van der Waals surface area contributed by atoms with E-state index in [0.717, 1.165) is 30.6 Å². The number of esters is 1. The van der Waals surface area contributed by atoms with E-state index in [9.17, 15) is 9.59 Å². The number of rotatable bonds is 13. The molecule has 1 amide bonds. The van der Waals surface area contributed by atoms with Crippen LogP contribution in [0.15, 0.2) is 30.3 Å². The fourth-order valence-corrected chi connectivity index (χ4v) is 3.25. The summed E-state index contributed by atoms with van der Waals surface area (Å²) in [6.07, 6.45) is 4.57. The Bertz CT molecular complexity index is 544. The maximum Gasteiger partial charge on any atom is 0.410 e. The van der Waals surface area contributed by atoms with Gasteiger partial charge in [0.05, 0.1) is 6.61 Å². The first-order valence-electron chi connectivity index (χ1n) is 9.32. The van der Waals surface area contributed by atoms with Gasteiger partial charge in [-0.15, -0.1) is 11.6 Å². The Morgan fingerprint density at radius 1 is 1.15 bits per heavy atom. The largest absolute Gasteiger partial charge is 0.464 e. The lowest BCUT2D eigenvalue weighted by atomic mass is 10.1. The summed E-state index contributed by atoms with van der Waals surface area (Å²) in [5.74, 6) is 0.973. The molecule has 0 radical (unpaired) electrons. The van der Waals surface area contributed by atoms with Crippen LogP contribution in [-0.4, -0.2) is 54.0 Å². The molecule has 0 fully saturated rings. The molecule has 0 saturated heterocycles. The Kier molecular flexibility index (Phi) is 12.8. The van der Waals surface area contributed by atoms with Crippen LogP contribution in [0.2, 0.25) is 0 Å². The van der Waals surface area contributed by atoms with Crippen molar-refractivity contribution in [2.45, 2.75) is 45.3 Å². The fourth-order valence-electron chi connectivity index (χ4n) is 2.60. The van der Waals surface area contributed by atoms with Crippen LogP contribution >= 0.6 is 23.4 Å². The summed E-state index contributed by atoms with van der Waals surface area (Å²) >= 11 is 7.37. The third kappa shape index (κ3) is 9.38. The van der Waals surface area contributed by atoms with Crippen LogP contribution in [0, 0.1) is 0 Å². The standard InChI is InChI=1S/C20H30ClNO4S/c1-3-25-19(23)18(12-15-27-2)22(14-9-5-8-13-21)20(24)26-16-17-10-6-4-7-11-17/h4,6-7,10-11,18H,3,5,8-9,12-16H2,1-2H3/t18-/m0/s1. The van der Waals surface area contributed by atoms with Crippen LogP contribution in [0.1, 0.15) is 38.2 Å². The number of alkyl halides is 1. The number of thioether (sulfide) groups is 1. The van der Waals surface area contributed by atoms with E-state index in [-0.39, 0.29) is 19.2 Å². The molecule has 0 unspecified atom stereocenters. The monoisotopic (exact) mass is 415 g/mol. The third-order valence-electron chi connectivity index (χ3n) is 4.00. The lowest BCUT2D eigenvalue weighted by Crippen LogP contribution is -2.47. The summed E-state index contributed by atoms with van der Waals surface area (Å²) in [4.78, 5) is 26.7.